The number of rotatable bonds is 4. The van der Waals surface area contributed by atoms with Crippen molar-refractivity contribution in [1.29, 1.82) is 0 Å². The molecule has 2 rings (SSSR count). The molecule has 2 heterocycles. The maximum atomic E-state index is 12.0. The molecule has 1 amide bonds. The number of aromatic nitrogens is 2. The summed E-state index contributed by atoms with van der Waals surface area (Å²) in [6.07, 6.45) is 6.02. The third kappa shape index (κ3) is 2.64. The standard InChI is InChI=1S/C12H15N3O2S/c1-2-3-4-5-13-10(16)9-8-14-12-15(11(9)17)6-7-18-12/h2-3,8H,4-7H2,1H3,(H,13,16)/b3-2+. The Morgan fingerprint density at radius 1 is 1.67 bits per heavy atom. The molecular weight excluding hydrogens is 250 g/mol. The summed E-state index contributed by atoms with van der Waals surface area (Å²) in [7, 11) is 0. The van der Waals surface area contributed by atoms with Gasteiger partial charge in [-0.15, -0.1) is 0 Å². The first kappa shape index (κ1) is 12.9. The molecule has 0 aliphatic carbocycles. The van der Waals surface area contributed by atoms with Crippen LogP contribution >= 0.6 is 11.8 Å². The molecule has 0 saturated carbocycles. The van der Waals surface area contributed by atoms with E-state index in [2.05, 4.69) is 10.3 Å². The molecule has 1 aromatic rings. The summed E-state index contributed by atoms with van der Waals surface area (Å²) in [5.74, 6) is 0.499. The Labute approximate surface area is 109 Å². The average Bonchev–Trinajstić information content (AvgIpc) is 2.84. The molecule has 0 fully saturated rings. The minimum atomic E-state index is -0.343. The van der Waals surface area contributed by atoms with Crippen molar-refractivity contribution in [2.24, 2.45) is 0 Å². The molecule has 0 unspecified atom stereocenters. The molecule has 1 aliphatic rings. The molecule has 0 radical (unpaired) electrons. The van der Waals surface area contributed by atoms with Crippen molar-refractivity contribution in [3.05, 3.63) is 34.3 Å². The van der Waals surface area contributed by atoms with Gasteiger partial charge in [0.1, 0.15) is 5.56 Å². The van der Waals surface area contributed by atoms with Crippen molar-refractivity contribution in [1.82, 2.24) is 14.9 Å². The van der Waals surface area contributed by atoms with Gasteiger partial charge in [0.25, 0.3) is 11.5 Å². The fourth-order valence-electron chi connectivity index (χ4n) is 1.70. The summed E-state index contributed by atoms with van der Waals surface area (Å²) in [6.45, 7) is 3.08. The van der Waals surface area contributed by atoms with Crippen LogP contribution in [0.1, 0.15) is 23.7 Å². The maximum Gasteiger partial charge on any atom is 0.267 e. The predicted molar refractivity (Wildman–Crippen MR) is 71.0 cm³/mol. The van der Waals surface area contributed by atoms with E-state index in [-0.39, 0.29) is 17.0 Å². The lowest BCUT2D eigenvalue weighted by Crippen LogP contribution is -2.33. The first-order chi connectivity index (χ1) is 8.74. The molecule has 96 valence electrons. The number of allylic oxidation sites excluding steroid dienone is 1. The van der Waals surface area contributed by atoms with Crippen LogP contribution in [-0.4, -0.2) is 27.8 Å². The van der Waals surface area contributed by atoms with Gasteiger partial charge in [-0.25, -0.2) is 4.98 Å². The zero-order chi connectivity index (χ0) is 13.0. The lowest BCUT2D eigenvalue weighted by atomic mass is 10.3. The van der Waals surface area contributed by atoms with E-state index in [0.717, 1.165) is 12.2 Å². The number of hydrogen-bond donors (Lipinski definition) is 1. The van der Waals surface area contributed by atoms with E-state index in [1.807, 2.05) is 19.1 Å². The topological polar surface area (TPSA) is 64.0 Å². The SMILES string of the molecule is C/C=C/CCNC(=O)c1cnc2n(c1=O)CCS2. The monoisotopic (exact) mass is 265 g/mol. The highest BCUT2D eigenvalue weighted by Gasteiger charge is 2.19. The Hall–Kier alpha value is -1.56. The van der Waals surface area contributed by atoms with E-state index in [1.54, 1.807) is 4.57 Å². The summed E-state index contributed by atoms with van der Waals surface area (Å²) >= 11 is 1.54. The number of nitrogens with zero attached hydrogens (tertiary/aromatic N) is 2. The molecule has 6 heteroatoms. The Morgan fingerprint density at radius 3 is 3.28 bits per heavy atom. The molecule has 1 aliphatic heterocycles. The van der Waals surface area contributed by atoms with Gasteiger partial charge in [-0.3, -0.25) is 14.2 Å². The molecule has 5 nitrogen and oxygen atoms in total. The van der Waals surface area contributed by atoms with E-state index in [0.29, 0.717) is 18.2 Å². The van der Waals surface area contributed by atoms with Crippen molar-refractivity contribution in [2.75, 3.05) is 12.3 Å². The second-order valence-electron chi connectivity index (χ2n) is 3.87. The van der Waals surface area contributed by atoms with E-state index in [4.69, 9.17) is 0 Å². The van der Waals surface area contributed by atoms with Crippen molar-refractivity contribution >= 4 is 17.7 Å². The summed E-state index contributed by atoms with van der Waals surface area (Å²) in [5, 5.41) is 3.41. The summed E-state index contributed by atoms with van der Waals surface area (Å²) in [4.78, 5) is 28.0. The number of carbonyl (C=O) groups is 1. The van der Waals surface area contributed by atoms with Crippen LogP contribution in [-0.2, 0) is 6.54 Å². The fraction of sp³-hybridized carbons (Fsp3) is 0.417. The summed E-state index contributed by atoms with van der Waals surface area (Å²) < 4.78 is 1.56. The van der Waals surface area contributed by atoms with E-state index in [1.165, 1.54) is 18.0 Å². The molecule has 0 spiro atoms. The van der Waals surface area contributed by atoms with Crippen LogP contribution in [0.15, 0.2) is 28.3 Å². The van der Waals surface area contributed by atoms with Gasteiger partial charge in [-0.2, -0.15) is 0 Å². The molecular formula is C12H15N3O2S. The van der Waals surface area contributed by atoms with Gasteiger partial charge in [0.2, 0.25) is 0 Å². The zero-order valence-electron chi connectivity index (χ0n) is 10.2. The van der Waals surface area contributed by atoms with Crippen LogP contribution in [0.5, 0.6) is 0 Å². The van der Waals surface area contributed by atoms with Crippen molar-refractivity contribution in [3.63, 3.8) is 0 Å². The second kappa shape index (κ2) is 5.86. The smallest absolute Gasteiger partial charge is 0.267 e. The second-order valence-corrected chi connectivity index (χ2v) is 4.94. The minimum absolute atomic E-state index is 0.127. The average molecular weight is 265 g/mol. The van der Waals surface area contributed by atoms with Crippen LogP contribution in [0, 0.1) is 0 Å². The van der Waals surface area contributed by atoms with Crippen molar-refractivity contribution in [3.8, 4) is 0 Å². The lowest BCUT2D eigenvalue weighted by Gasteiger charge is -2.05. The number of hydrogen-bond acceptors (Lipinski definition) is 4. The van der Waals surface area contributed by atoms with Gasteiger partial charge in [-0.05, 0) is 13.3 Å². The number of carbonyl (C=O) groups excluding carboxylic acids is 1. The molecule has 1 aromatic heterocycles. The van der Waals surface area contributed by atoms with E-state index in [9.17, 15) is 9.59 Å². The Balaban J connectivity index is 2.09. The number of amides is 1. The van der Waals surface area contributed by atoms with Crippen LogP contribution in [0.25, 0.3) is 0 Å². The third-order valence-electron chi connectivity index (χ3n) is 2.63. The maximum absolute atomic E-state index is 12.0. The minimum Gasteiger partial charge on any atom is -0.352 e. The van der Waals surface area contributed by atoms with Gasteiger partial charge in [0.05, 0.1) is 0 Å². The quantitative estimate of drug-likeness (QED) is 0.502. The highest BCUT2D eigenvalue weighted by Crippen LogP contribution is 2.20. The predicted octanol–water partition coefficient (Wildman–Crippen LogP) is 1.04. The molecule has 0 aromatic carbocycles. The van der Waals surface area contributed by atoms with Gasteiger partial charge >= 0.3 is 0 Å². The lowest BCUT2D eigenvalue weighted by molar-refractivity contribution is 0.0951. The van der Waals surface area contributed by atoms with Gasteiger partial charge in [0.15, 0.2) is 5.16 Å². The highest BCUT2D eigenvalue weighted by atomic mass is 32.2. The third-order valence-corrected chi connectivity index (χ3v) is 3.60. The summed E-state index contributed by atoms with van der Waals surface area (Å²) in [5.41, 5.74) is -0.115. The molecule has 0 saturated heterocycles. The first-order valence-electron chi connectivity index (χ1n) is 5.86. The van der Waals surface area contributed by atoms with Crippen LogP contribution < -0.4 is 10.9 Å². The largest absolute Gasteiger partial charge is 0.352 e. The van der Waals surface area contributed by atoms with E-state index >= 15 is 0 Å². The van der Waals surface area contributed by atoms with Gasteiger partial charge in [-0.1, -0.05) is 23.9 Å². The summed E-state index contributed by atoms with van der Waals surface area (Å²) in [6, 6.07) is 0. The van der Waals surface area contributed by atoms with Gasteiger partial charge < -0.3 is 5.32 Å². The number of fused-ring (bicyclic) bond motifs is 1. The zero-order valence-corrected chi connectivity index (χ0v) is 11.0. The Bertz CT molecular complexity index is 537. The van der Waals surface area contributed by atoms with Crippen LogP contribution in [0.3, 0.4) is 0 Å². The van der Waals surface area contributed by atoms with E-state index < -0.39 is 0 Å². The molecule has 18 heavy (non-hydrogen) atoms. The van der Waals surface area contributed by atoms with Gasteiger partial charge in [0, 0.05) is 25.0 Å². The Morgan fingerprint density at radius 2 is 2.50 bits per heavy atom. The first-order valence-corrected chi connectivity index (χ1v) is 6.84. The van der Waals surface area contributed by atoms with Crippen LogP contribution in [0.2, 0.25) is 0 Å². The van der Waals surface area contributed by atoms with Crippen LogP contribution in [0.4, 0.5) is 0 Å². The normalized spacial score (nSPS) is 13.8. The molecule has 1 N–H and O–H groups in total. The van der Waals surface area contributed by atoms with Crippen molar-refractivity contribution < 1.29 is 4.79 Å². The fourth-order valence-corrected chi connectivity index (χ4v) is 2.62. The number of nitrogens with one attached hydrogen (secondary N) is 1. The number of thioether (sulfide) groups is 1. The molecule has 0 atom stereocenters. The Kier molecular flexibility index (Phi) is 4.19. The highest BCUT2D eigenvalue weighted by molar-refractivity contribution is 7.99. The van der Waals surface area contributed by atoms with Crippen molar-refractivity contribution in [2.45, 2.75) is 25.0 Å². The molecule has 0 bridgehead atoms.